The van der Waals surface area contributed by atoms with Crippen LogP contribution >= 0.6 is 0 Å². The van der Waals surface area contributed by atoms with Crippen molar-refractivity contribution in [3.63, 3.8) is 0 Å². The number of carboxylic acid groups (broad SMARTS) is 4. The zero-order chi connectivity index (χ0) is 52.2. The lowest BCUT2D eigenvalue weighted by atomic mass is 10.00. The molecular formula is C48H75N9O13. The zero-order valence-corrected chi connectivity index (χ0v) is 41.8. The molecule has 0 bridgehead atoms. The van der Waals surface area contributed by atoms with Crippen molar-refractivity contribution in [1.82, 2.24) is 34.7 Å². The Balaban J connectivity index is 0.000000534. The summed E-state index contributed by atoms with van der Waals surface area (Å²) in [4.78, 5) is 84.0. The van der Waals surface area contributed by atoms with Crippen molar-refractivity contribution in [1.29, 1.82) is 0 Å². The lowest BCUT2D eigenvalue weighted by Crippen LogP contribution is -2.48. The molecule has 0 aliphatic carbocycles. The topological polar surface area (TPSA) is 281 Å². The number of methoxy groups -OCH3 is 2. The first kappa shape index (κ1) is 60.0. The van der Waals surface area contributed by atoms with Crippen molar-refractivity contribution in [2.45, 2.75) is 32.6 Å². The van der Waals surface area contributed by atoms with E-state index in [1.54, 1.807) is 32.9 Å². The van der Waals surface area contributed by atoms with Gasteiger partial charge in [0.15, 0.2) is 0 Å². The van der Waals surface area contributed by atoms with Gasteiger partial charge in [-0.05, 0) is 95.0 Å². The molecule has 70 heavy (non-hydrogen) atoms. The van der Waals surface area contributed by atoms with Crippen LogP contribution < -0.4 is 25.3 Å². The number of nitrogens with one attached hydrogen (secondary N) is 1. The number of aliphatic imine (C=N–C) groups is 1. The number of carbonyl (C=O) groups excluding carboxylic acids is 2. The third kappa shape index (κ3) is 23.9. The first-order chi connectivity index (χ1) is 33.3. The van der Waals surface area contributed by atoms with Gasteiger partial charge in [-0.25, -0.2) is 4.99 Å². The van der Waals surface area contributed by atoms with Crippen LogP contribution in [0.15, 0.2) is 53.2 Å². The van der Waals surface area contributed by atoms with Crippen molar-refractivity contribution in [2.24, 2.45) is 10.7 Å². The Morgan fingerprint density at radius 1 is 0.743 bits per heavy atom. The molecule has 2 aromatic carbocycles. The molecule has 1 fully saturated rings. The highest BCUT2D eigenvalue weighted by Crippen LogP contribution is 2.35. The van der Waals surface area contributed by atoms with E-state index < -0.39 is 36.3 Å². The SMILES string of the molecule is COc1cccc(OC)c1C(/C=C(\N)C(=O)NCC(=O)O)=Nc1ccc(OCCCN(C)CCCN(C)C)cc1C(C)C.O=CCN1CCN(CC(=O)O)CCN(CC(=O)O)CCN(CC(=O)O)CC1. The third-order valence-electron chi connectivity index (χ3n) is 10.9. The smallest absolute Gasteiger partial charge is 0.322 e. The molecule has 1 amide bonds. The van der Waals surface area contributed by atoms with Gasteiger partial charge < -0.3 is 60.3 Å². The van der Waals surface area contributed by atoms with Gasteiger partial charge in [0.05, 0.1) is 69.7 Å². The number of hydrogen-bond acceptors (Lipinski definition) is 17. The largest absolute Gasteiger partial charge is 0.496 e. The van der Waals surface area contributed by atoms with Gasteiger partial charge >= 0.3 is 23.9 Å². The summed E-state index contributed by atoms with van der Waals surface area (Å²) in [6.45, 7) is 10.1. The fourth-order valence-electron chi connectivity index (χ4n) is 7.26. The Morgan fingerprint density at radius 2 is 1.24 bits per heavy atom. The molecule has 1 saturated heterocycles. The summed E-state index contributed by atoms with van der Waals surface area (Å²) >= 11 is 0. The van der Waals surface area contributed by atoms with Crippen LogP contribution in [0.1, 0.15) is 43.7 Å². The molecule has 0 aromatic heterocycles. The molecule has 0 saturated carbocycles. The number of benzene rings is 2. The molecule has 1 heterocycles. The number of nitrogens with two attached hydrogens (primary N) is 1. The van der Waals surface area contributed by atoms with E-state index >= 15 is 0 Å². The molecule has 0 unspecified atom stereocenters. The van der Waals surface area contributed by atoms with Gasteiger partial charge in [-0.3, -0.25) is 43.6 Å². The van der Waals surface area contributed by atoms with Crippen LogP contribution in [0.2, 0.25) is 0 Å². The van der Waals surface area contributed by atoms with Crippen molar-refractivity contribution in [3.8, 4) is 17.2 Å². The maximum atomic E-state index is 12.5. The maximum absolute atomic E-state index is 12.5. The lowest BCUT2D eigenvalue weighted by molar-refractivity contribution is -0.140. The van der Waals surface area contributed by atoms with Gasteiger partial charge in [0.1, 0.15) is 30.1 Å². The lowest BCUT2D eigenvalue weighted by Gasteiger charge is -2.32. The summed E-state index contributed by atoms with van der Waals surface area (Å²) in [5.41, 5.74) is 8.27. The molecule has 1 aliphatic heterocycles. The summed E-state index contributed by atoms with van der Waals surface area (Å²) in [7, 11) is 9.35. The average molecular weight is 986 g/mol. The van der Waals surface area contributed by atoms with Gasteiger partial charge in [0.25, 0.3) is 5.91 Å². The number of amides is 1. The van der Waals surface area contributed by atoms with E-state index in [1.165, 1.54) is 20.3 Å². The van der Waals surface area contributed by atoms with Crippen LogP contribution in [-0.2, 0) is 28.8 Å². The van der Waals surface area contributed by atoms with Crippen molar-refractivity contribution >= 4 is 47.5 Å². The molecule has 7 N–H and O–H groups in total. The van der Waals surface area contributed by atoms with Crippen molar-refractivity contribution < 1.29 is 63.4 Å². The normalized spacial score (nSPS) is 15.1. The average Bonchev–Trinajstić information content (AvgIpc) is 3.29. The van der Waals surface area contributed by atoms with E-state index in [1.807, 2.05) is 23.1 Å². The van der Waals surface area contributed by atoms with E-state index in [4.69, 9.17) is 45.4 Å². The summed E-state index contributed by atoms with van der Waals surface area (Å²) in [5, 5.41) is 38.4. The Kier molecular flexibility index (Phi) is 27.9. The second kappa shape index (κ2) is 32.6. The number of aliphatic carboxylic acids is 4. The monoisotopic (exact) mass is 986 g/mol. The zero-order valence-electron chi connectivity index (χ0n) is 41.8. The molecule has 22 heteroatoms. The van der Waals surface area contributed by atoms with Crippen LogP contribution in [0.25, 0.3) is 0 Å². The standard InChI is InChI=1S/C32H47N5O6.C16H28N4O7/c1-22(2)24-19-23(43-18-10-17-37(5)16-9-15-36(3)4)13-14-26(24)35-27(20-25(33)32(40)34-21-30(38)39)31-28(41-6)11-8-12-29(31)42-7;21-10-9-17-1-3-18(11-14(22)23)5-7-20(13-16(26)27)8-6-19(4-2-17)12-15(24)25/h8,11-14,19-20,22H,9-10,15-18,21,33H2,1-7H3,(H,34,40)(H,38,39);10H,1-9,11-13H2,(H,22,23)(H,24,25)(H,26,27)/b25-20-,35-27?;. The number of hydrogen-bond donors (Lipinski definition) is 6. The van der Waals surface area contributed by atoms with E-state index in [2.05, 4.69) is 50.1 Å². The molecule has 0 atom stereocenters. The summed E-state index contributed by atoms with van der Waals surface area (Å²) in [5.74, 6) is -3.07. The number of aldehydes is 1. The van der Waals surface area contributed by atoms with Crippen LogP contribution in [0.5, 0.6) is 17.2 Å². The molecule has 2 aromatic rings. The summed E-state index contributed by atoms with van der Waals surface area (Å²) in [6, 6.07) is 11.0. The first-order valence-corrected chi connectivity index (χ1v) is 23.1. The summed E-state index contributed by atoms with van der Waals surface area (Å²) < 4.78 is 17.3. The highest BCUT2D eigenvalue weighted by molar-refractivity contribution is 6.16. The molecule has 0 radical (unpaired) electrons. The van der Waals surface area contributed by atoms with E-state index in [-0.39, 0.29) is 37.8 Å². The fourth-order valence-corrected chi connectivity index (χ4v) is 7.26. The van der Waals surface area contributed by atoms with E-state index in [9.17, 15) is 28.8 Å². The third-order valence-corrected chi connectivity index (χ3v) is 10.9. The number of nitrogens with zero attached hydrogens (tertiary/aromatic N) is 7. The van der Waals surface area contributed by atoms with Crippen LogP contribution in [0.4, 0.5) is 5.69 Å². The Hall–Kier alpha value is -6.17. The summed E-state index contributed by atoms with van der Waals surface area (Å²) in [6.07, 6.45) is 4.19. The quantitative estimate of drug-likeness (QED) is 0.0335. The number of rotatable bonds is 26. The second-order valence-electron chi connectivity index (χ2n) is 17.2. The second-order valence-corrected chi connectivity index (χ2v) is 17.2. The molecular weight excluding hydrogens is 911 g/mol. The van der Waals surface area contributed by atoms with Gasteiger partial charge in [0, 0.05) is 58.9 Å². The van der Waals surface area contributed by atoms with Crippen LogP contribution in [0, 0.1) is 0 Å². The number of carbonyl (C=O) groups is 6. The van der Waals surface area contributed by atoms with Crippen molar-refractivity contribution in [2.75, 3.05) is 147 Å². The molecule has 390 valence electrons. The molecule has 3 rings (SSSR count). The minimum absolute atomic E-state index is 0.103. The highest BCUT2D eigenvalue weighted by atomic mass is 16.5. The Bertz CT molecular complexity index is 2000. The maximum Gasteiger partial charge on any atom is 0.322 e. The number of allylic oxidation sites excluding steroid dienone is 1. The molecule has 1 aliphatic rings. The fraction of sp³-hybridized carbons (Fsp3) is 0.562. The van der Waals surface area contributed by atoms with E-state index in [0.29, 0.717) is 87.4 Å². The van der Waals surface area contributed by atoms with Gasteiger partial charge in [-0.15, -0.1) is 0 Å². The van der Waals surface area contributed by atoms with E-state index in [0.717, 1.165) is 50.1 Å². The minimum atomic E-state index is -1.18. The predicted octanol–water partition coefficient (Wildman–Crippen LogP) is 1.30. The first-order valence-electron chi connectivity index (χ1n) is 23.1. The Morgan fingerprint density at radius 3 is 1.69 bits per heavy atom. The van der Waals surface area contributed by atoms with Crippen LogP contribution in [0.3, 0.4) is 0 Å². The Labute approximate surface area is 411 Å². The minimum Gasteiger partial charge on any atom is -0.496 e. The number of carboxylic acids is 4. The van der Waals surface area contributed by atoms with Gasteiger partial charge in [0.2, 0.25) is 0 Å². The highest BCUT2D eigenvalue weighted by Gasteiger charge is 2.22. The molecule has 0 spiro atoms. The number of ether oxygens (including phenoxy) is 3. The van der Waals surface area contributed by atoms with Crippen molar-refractivity contribution in [3.05, 3.63) is 59.3 Å². The van der Waals surface area contributed by atoms with Crippen LogP contribution in [-0.4, -0.2) is 238 Å². The van der Waals surface area contributed by atoms with Gasteiger partial charge in [-0.2, -0.15) is 0 Å². The predicted molar refractivity (Wildman–Crippen MR) is 265 cm³/mol. The van der Waals surface area contributed by atoms with Gasteiger partial charge in [-0.1, -0.05) is 19.9 Å². The molecule has 22 nitrogen and oxygen atoms in total.